The second kappa shape index (κ2) is 12.6. The highest BCUT2D eigenvalue weighted by molar-refractivity contribution is 6.30. The summed E-state index contributed by atoms with van der Waals surface area (Å²) in [5, 5.41) is 6.79. The number of pyridine rings is 2. The summed E-state index contributed by atoms with van der Waals surface area (Å²) in [6.45, 7) is 5.03. The number of amides is 1. The van der Waals surface area contributed by atoms with E-state index in [0.717, 1.165) is 43.3 Å². The Kier molecular flexibility index (Phi) is 8.55. The maximum atomic E-state index is 13.8. The molecule has 220 valence electrons. The fraction of sp³-hybridized carbons (Fsp3) is 0.419. The lowest BCUT2D eigenvalue weighted by molar-refractivity contribution is 0.0278. The van der Waals surface area contributed by atoms with Crippen molar-refractivity contribution in [2.24, 2.45) is 11.8 Å². The number of rotatable bonds is 8. The van der Waals surface area contributed by atoms with E-state index in [1.165, 1.54) is 0 Å². The van der Waals surface area contributed by atoms with Crippen LogP contribution in [0.1, 0.15) is 41.7 Å². The van der Waals surface area contributed by atoms with Gasteiger partial charge in [-0.15, -0.1) is 0 Å². The first-order chi connectivity index (χ1) is 20.5. The highest BCUT2D eigenvalue weighted by Gasteiger charge is 2.26. The number of carbonyl (C=O) groups excluding carboxylic acids is 1. The average molecular weight is 591 g/mol. The second-order valence-electron chi connectivity index (χ2n) is 11.2. The van der Waals surface area contributed by atoms with E-state index in [0.29, 0.717) is 60.3 Å². The molecule has 11 heteroatoms. The van der Waals surface area contributed by atoms with Gasteiger partial charge in [-0.1, -0.05) is 23.7 Å². The Morgan fingerprint density at radius 3 is 2.64 bits per heavy atom. The molecule has 2 fully saturated rings. The van der Waals surface area contributed by atoms with E-state index < -0.39 is 0 Å². The summed E-state index contributed by atoms with van der Waals surface area (Å²) in [7, 11) is 0. The average Bonchev–Trinajstić information content (AvgIpc) is 3.29. The van der Waals surface area contributed by atoms with Crippen molar-refractivity contribution in [3.05, 3.63) is 81.6 Å². The van der Waals surface area contributed by atoms with Gasteiger partial charge in [-0.2, -0.15) is 0 Å². The number of benzene rings is 1. The van der Waals surface area contributed by atoms with Crippen molar-refractivity contribution < 1.29 is 14.3 Å². The molecule has 42 heavy (non-hydrogen) atoms. The number of hydrogen-bond donors (Lipinski definition) is 2. The molecule has 0 unspecified atom stereocenters. The Hall–Kier alpha value is -3.73. The first-order valence-corrected chi connectivity index (χ1v) is 14.8. The monoisotopic (exact) mass is 590 g/mol. The van der Waals surface area contributed by atoms with E-state index in [9.17, 15) is 9.59 Å². The number of nitrogens with one attached hydrogen (secondary N) is 2. The number of carbonyl (C=O) groups is 1. The summed E-state index contributed by atoms with van der Waals surface area (Å²) in [6.07, 6.45) is 6.77. The van der Waals surface area contributed by atoms with Gasteiger partial charge in [0.05, 0.1) is 59.1 Å². The molecule has 4 aromatic rings. The minimum Gasteiger partial charge on any atom is -0.477 e. The summed E-state index contributed by atoms with van der Waals surface area (Å²) < 4.78 is 14.9. The molecule has 6 rings (SSSR count). The number of hydrogen-bond acceptors (Lipinski definition) is 7. The Bertz CT molecular complexity index is 1600. The summed E-state index contributed by atoms with van der Waals surface area (Å²) in [4.78, 5) is 35.3. The van der Waals surface area contributed by atoms with Gasteiger partial charge in [-0.05, 0) is 62.8 Å². The van der Waals surface area contributed by atoms with E-state index in [1.54, 1.807) is 30.0 Å². The molecule has 1 aromatic carbocycles. The third-order valence-electron chi connectivity index (χ3n) is 8.19. The van der Waals surface area contributed by atoms with E-state index >= 15 is 0 Å². The molecule has 10 nitrogen and oxygen atoms in total. The van der Waals surface area contributed by atoms with E-state index in [1.807, 2.05) is 41.0 Å². The van der Waals surface area contributed by atoms with Gasteiger partial charge in [0.2, 0.25) is 5.88 Å². The molecule has 2 N–H and O–H groups in total. The zero-order valence-corrected chi connectivity index (χ0v) is 24.3. The smallest absolute Gasteiger partial charge is 0.333 e. The van der Waals surface area contributed by atoms with Crippen molar-refractivity contribution >= 4 is 28.5 Å². The molecule has 1 atom stereocenters. The van der Waals surface area contributed by atoms with Gasteiger partial charge in [0.25, 0.3) is 5.91 Å². The van der Waals surface area contributed by atoms with Crippen molar-refractivity contribution in [3.63, 3.8) is 0 Å². The number of nitrogens with zero attached hydrogens (tertiary/aromatic N) is 4. The molecule has 1 saturated heterocycles. The molecule has 3 aromatic heterocycles. The molecule has 1 aliphatic heterocycles. The third-order valence-corrected chi connectivity index (χ3v) is 8.40. The van der Waals surface area contributed by atoms with Crippen molar-refractivity contribution in [2.75, 3.05) is 26.5 Å². The predicted octanol–water partition coefficient (Wildman–Crippen LogP) is 4.11. The predicted molar refractivity (Wildman–Crippen MR) is 160 cm³/mol. The minimum atomic E-state index is -0.143. The fourth-order valence-corrected chi connectivity index (χ4v) is 6.06. The molecule has 4 heterocycles. The fourth-order valence-electron chi connectivity index (χ4n) is 5.90. The van der Waals surface area contributed by atoms with Crippen LogP contribution in [0, 0.1) is 18.8 Å². The first-order valence-electron chi connectivity index (χ1n) is 14.5. The maximum Gasteiger partial charge on any atom is 0.333 e. The highest BCUT2D eigenvalue weighted by Crippen LogP contribution is 2.28. The van der Waals surface area contributed by atoms with Crippen LogP contribution >= 0.6 is 11.6 Å². The van der Waals surface area contributed by atoms with Crippen molar-refractivity contribution in [1.82, 2.24) is 29.7 Å². The van der Waals surface area contributed by atoms with Crippen LogP contribution in [0.4, 0.5) is 0 Å². The summed E-state index contributed by atoms with van der Waals surface area (Å²) >= 11 is 6.05. The van der Waals surface area contributed by atoms with Crippen LogP contribution in [0.15, 0.2) is 59.7 Å². The molecule has 0 spiro atoms. The maximum absolute atomic E-state index is 13.8. The third kappa shape index (κ3) is 6.21. The Morgan fingerprint density at radius 1 is 1.10 bits per heavy atom. The lowest BCUT2D eigenvalue weighted by Gasteiger charge is -2.29. The molecule has 0 radical (unpaired) electrons. The zero-order chi connectivity index (χ0) is 29.1. The molecule has 0 bridgehead atoms. The van der Waals surface area contributed by atoms with Gasteiger partial charge in [0.1, 0.15) is 0 Å². The van der Waals surface area contributed by atoms with Crippen LogP contribution in [-0.2, 0) is 11.3 Å². The van der Waals surface area contributed by atoms with Crippen molar-refractivity contribution in [2.45, 2.75) is 45.2 Å². The van der Waals surface area contributed by atoms with Gasteiger partial charge in [0.15, 0.2) is 0 Å². The molecular weight excluding hydrogens is 556 g/mol. The second-order valence-corrected chi connectivity index (χ2v) is 11.6. The number of imidazole rings is 1. The van der Waals surface area contributed by atoms with Crippen LogP contribution in [0.25, 0.3) is 16.7 Å². The van der Waals surface area contributed by atoms with Crippen LogP contribution in [0.5, 0.6) is 5.88 Å². The lowest BCUT2D eigenvalue weighted by atomic mass is 9.85. The van der Waals surface area contributed by atoms with E-state index in [4.69, 9.17) is 21.1 Å². The van der Waals surface area contributed by atoms with Gasteiger partial charge in [0, 0.05) is 37.3 Å². The molecular formula is C31H35ClN6O4. The number of aryl methyl sites for hydroxylation is 1. The van der Waals surface area contributed by atoms with Crippen LogP contribution in [0.3, 0.4) is 0 Å². The number of aromatic nitrogens is 4. The molecule has 1 saturated carbocycles. The normalized spacial score (nSPS) is 20.9. The van der Waals surface area contributed by atoms with E-state index in [2.05, 4.69) is 20.6 Å². The minimum absolute atomic E-state index is 0.0823. The van der Waals surface area contributed by atoms with Crippen molar-refractivity contribution in [3.8, 4) is 11.6 Å². The highest BCUT2D eigenvalue weighted by atomic mass is 35.5. The largest absolute Gasteiger partial charge is 0.477 e. The standard InChI is InChI=1S/C31H35ClN6O4/c1-20-26(12-23(32)14-34-20)30(39)36-24-8-6-21(7-9-24)16-37-27-4-2-3-5-28(27)38(31(37)40)25-10-11-29(35-15-25)42-18-22-13-33-19-41-17-22/h2-5,10-12,14-15,21-22,24,33H,6-9,13,16-19H2,1H3,(H,36,39)/t21?,22-,24?/m0/s1. The van der Waals surface area contributed by atoms with Crippen molar-refractivity contribution in [1.29, 1.82) is 0 Å². The van der Waals surface area contributed by atoms with Gasteiger partial charge in [-0.25, -0.2) is 9.78 Å². The Labute approximate surface area is 249 Å². The SMILES string of the molecule is Cc1ncc(Cl)cc1C(=O)NC1CCC(Cn2c(=O)n(-c3ccc(OC[C@H]4CNCOC4)nc3)c3ccccc32)CC1. The van der Waals surface area contributed by atoms with Crippen LogP contribution in [-0.4, -0.2) is 57.5 Å². The summed E-state index contributed by atoms with van der Waals surface area (Å²) in [5.41, 5.74) is 3.51. The topological polar surface area (TPSA) is 112 Å². The quantitative estimate of drug-likeness (QED) is 0.318. The molecule has 1 aliphatic carbocycles. The number of ether oxygens (including phenoxy) is 2. The van der Waals surface area contributed by atoms with Gasteiger partial charge in [-0.3, -0.25) is 24.2 Å². The first kappa shape index (κ1) is 28.4. The van der Waals surface area contributed by atoms with Gasteiger partial charge >= 0.3 is 5.69 Å². The Morgan fingerprint density at radius 2 is 1.90 bits per heavy atom. The number of fused-ring (bicyclic) bond motifs is 1. The molecule has 1 amide bonds. The molecule has 2 aliphatic rings. The Balaban J connectivity index is 1.12. The van der Waals surface area contributed by atoms with Crippen LogP contribution in [0.2, 0.25) is 5.02 Å². The van der Waals surface area contributed by atoms with Crippen LogP contribution < -0.4 is 21.1 Å². The summed E-state index contributed by atoms with van der Waals surface area (Å²) in [6, 6.07) is 13.3. The zero-order valence-electron chi connectivity index (χ0n) is 23.6. The van der Waals surface area contributed by atoms with E-state index in [-0.39, 0.29) is 23.6 Å². The summed E-state index contributed by atoms with van der Waals surface area (Å²) in [5.74, 6) is 0.982. The number of para-hydroxylation sites is 2. The van der Waals surface area contributed by atoms with Gasteiger partial charge < -0.3 is 14.8 Å². The lowest BCUT2D eigenvalue weighted by Crippen LogP contribution is -2.39. The number of halogens is 1.